The van der Waals surface area contributed by atoms with Crippen LogP contribution in [0.3, 0.4) is 0 Å². The fourth-order valence-corrected chi connectivity index (χ4v) is 2.42. The molecule has 1 aliphatic heterocycles. The van der Waals surface area contributed by atoms with E-state index in [2.05, 4.69) is 5.32 Å². The third kappa shape index (κ3) is 5.51. The quantitative estimate of drug-likeness (QED) is 0.872. The molecule has 0 radical (unpaired) electrons. The number of benzene rings is 1. The van der Waals surface area contributed by atoms with Gasteiger partial charge < -0.3 is 20.2 Å². The van der Waals surface area contributed by atoms with Gasteiger partial charge in [0.05, 0.1) is 5.69 Å². The fraction of sp³-hybridized carbons (Fsp3) is 0.500. The molecule has 1 atom stereocenters. The van der Waals surface area contributed by atoms with Crippen LogP contribution in [0.5, 0.6) is 0 Å². The zero-order valence-corrected chi connectivity index (χ0v) is 14.0. The highest BCUT2D eigenvalue weighted by atomic mass is 35.5. The van der Waals surface area contributed by atoms with E-state index in [9.17, 15) is 9.18 Å². The van der Waals surface area contributed by atoms with Crippen molar-refractivity contribution < 1.29 is 14.3 Å². The van der Waals surface area contributed by atoms with Crippen molar-refractivity contribution in [1.29, 1.82) is 0 Å². The average molecular weight is 354 g/mol. The van der Waals surface area contributed by atoms with E-state index in [1.807, 2.05) is 11.9 Å². The molecule has 1 aromatic carbocycles. The molecule has 5 nitrogen and oxygen atoms in total. The lowest BCUT2D eigenvalue weighted by molar-refractivity contribution is 0.128. The Morgan fingerprint density at radius 1 is 1.45 bits per heavy atom. The van der Waals surface area contributed by atoms with Gasteiger partial charge in [-0.3, -0.25) is 0 Å². The number of hydrogen-bond acceptors (Lipinski definition) is 3. The van der Waals surface area contributed by atoms with E-state index in [0.29, 0.717) is 31.9 Å². The topological polar surface area (TPSA) is 55.8 Å². The summed E-state index contributed by atoms with van der Waals surface area (Å²) in [7, 11) is 1.84. The van der Waals surface area contributed by atoms with Crippen LogP contribution < -0.4 is 10.2 Å². The molecule has 0 bridgehead atoms. The molecule has 2 N–H and O–H groups in total. The van der Waals surface area contributed by atoms with Crippen LogP contribution in [-0.2, 0) is 0 Å². The van der Waals surface area contributed by atoms with Crippen LogP contribution in [0.1, 0.15) is 6.42 Å². The van der Waals surface area contributed by atoms with E-state index in [1.54, 1.807) is 18.2 Å². The molecule has 0 aromatic heterocycles. The van der Waals surface area contributed by atoms with Gasteiger partial charge in [-0.05, 0) is 18.6 Å². The van der Waals surface area contributed by atoms with Crippen LogP contribution in [0.4, 0.5) is 14.9 Å². The molecule has 1 fully saturated rings. The first kappa shape index (κ1) is 20.8. The van der Waals surface area contributed by atoms with Crippen molar-refractivity contribution in [3.63, 3.8) is 0 Å². The lowest BCUT2D eigenvalue weighted by Crippen LogP contribution is -2.53. The van der Waals surface area contributed by atoms with Crippen molar-refractivity contribution in [3.05, 3.63) is 30.1 Å². The molecule has 1 aromatic rings. The molecule has 8 heteroatoms. The molecular formula is C14H22Cl2FN3O2. The maximum Gasteiger partial charge on any atom is 0.407 e. The van der Waals surface area contributed by atoms with E-state index in [0.717, 1.165) is 6.42 Å². The third-order valence-electron chi connectivity index (χ3n) is 3.60. The second-order valence-corrected chi connectivity index (χ2v) is 5.04. The standard InChI is InChI=1S/C14H20FN3O2.2ClH/c1-17(13-5-3-2-4-12(13)15)8-6-11-10-18(14(19)20)9-7-16-11;;/h2-5,11,16H,6-10H2,1H3,(H,19,20);2*1H/t11-;;/m1../s1. The minimum atomic E-state index is -0.876. The third-order valence-corrected chi connectivity index (χ3v) is 3.60. The van der Waals surface area contributed by atoms with Gasteiger partial charge in [-0.15, -0.1) is 24.8 Å². The first-order valence-corrected chi connectivity index (χ1v) is 6.75. The first-order chi connectivity index (χ1) is 9.58. The number of carbonyl (C=O) groups is 1. The van der Waals surface area contributed by atoms with Crippen molar-refractivity contribution in [3.8, 4) is 0 Å². The number of hydrogen-bond donors (Lipinski definition) is 2. The Labute approximate surface area is 142 Å². The largest absolute Gasteiger partial charge is 0.465 e. The number of carboxylic acid groups (broad SMARTS) is 1. The highest BCUT2D eigenvalue weighted by Crippen LogP contribution is 2.17. The second kappa shape index (κ2) is 9.71. The molecule has 2 rings (SSSR count). The lowest BCUT2D eigenvalue weighted by Gasteiger charge is -2.33. The molecule has 1 heterocycles. The molecule has 0 unspecified atom stereocenters. The number of nitrogens with one attached hydrogen (secondary N) is 1. The van der Waals surface area contributed by atoms with E-state index < -0.39 is 6.09 Å². The highest BCUT2D eigenvalue weighted by Gasteiger charge is 2.22. The Morgan fingerprint density at radius 2 is 2.14 bits per heavy atom. The van der Waals surface area contributed by atoms with Gasteiger partial charge in [0.1, 0.15) is 5.82 Å². The zero-order valence-electron chi connectivity index (χ0n) is 12.4. The number of halogens is 3. The van der Waals surface area contributed by atoms with Crippen LogP contribution in [0.15, 0.2) is 24.3 Å². The summed E-state index contributed by atoms with van der Waals surface area (Å²) in [5.74, 6) is -0.237. The summed E-state index contributed by atoms with van der Waals surface area (Å²) in [5, 5.41) is 12.3. The fourth-order valence-electron chi connectivity index (χ4n) is 2.42. The lowest BCUT2D eigenvalue weighted by atomic mass is 10.1. The minimum Gasteiger partial charge on any atom is -0.465 e. The van der Waals surface area contributed by atoms with Crippen molar-refractivity contribution >= 4 is 36.6 Å². The van der Waals surface area contributed by atoms with Crippen LogP contribution in [0.2, 0.25) is 0 Å². The number of piperazine rings is 1. The molecule has 0 spiro atoms. The Morgan fingerprint density at radius 3 is 2.77 bits per heavy atom. The maximum absolute atomic E-state index is 13.6. The Bertz CT molecular complexity index is 479. The summed E-state index contributed by atoms with van der Waals surface area (Å²) in [6.07, 6.45) is -0.104. The van der Waals surface area contributed by atoms with Gasteiger partial charge in [0.25, 0.3) is 0 Å². The van der Waals surface area contributed by atoms with Gasteiger partial charge >= 0.3 is 6.09 Å². The Balaban J connectivity index is 0.00000220. The summed E-state index contributed by atoms with van der Waals surface area (Å²) < 4.78 is 13.6. The van der Waals surface area contributed by atoms with E-state index in [1.165, 1.54) is 11.0 Å². The summed E-state index contributed by atoms with van der Waals surface area (Å²) >= 11 is 0. The van der Waals surface area contributed by atoms with E-state index >= 15 is 0 Å². The number of amides is 1. The summed E-state index contributed by atoms with van der Waals surface area (Å²) in [6, 6.07) is 6.78. The molecule has 1 amide bonds. The van der Waals surface area contributed by atoms with Crippen LogP contribution in [-0.4, -0.2) is 55.4 Å². The van der Waals surface area contributed by atoms with Crippen LogP contribution >= 0.6 is 24.8 Å². The molecule has 0 aliphatic carbocycles. The molecule has 126 valence electrons. The predicted octanol–water partition coefficient (Wildman–Crippen LogP) is 2.45. The predicted molar refractivity (Wildman–Crippen MR) is 90.2 cm³/mol. The van der Waals surface area contributed by atoms with Gasteiger partial charge in [0, 0.05) is 39.3 Å². The van der Waals surface area contributed by atoms with Crippen molar-refractivity contribution in [1.82, 2.24) is 10.2 Å². The minimum absolute atomic E-state index is 0. The average Bonchev–Trinajstić information content (AvgIpc) is 2.45. The van der Waals surface area contributed by atoms with Gasteiger partial charge in [0.2, 0.25) is 0 Å². The van der Waals surface area contributed by atoms with Crippen LogP contribution in [0, 0.1) is 5.82 Å². The smallest absolute Gasteiger partial charge is 0.407 e. The maximum atomic E-state index is 13.6. The van der Waals surface area contributed by atoms with Crippen molar-refractivity contribution in [2.75, 3.05) is 38.1 Å². The molecule has 1 saturated heterocycles. The van der Waals surface area contributed by atoms with Crippen molar-refractivity contribution in [2.45, 2.75) is 12.5 Å². The van der Waals surface area contributed by atoms with Gasteiger partial charge in [-0.25, -0.2) is 9.18 Å². The second-order valence-electron chi connectivity index (χ2n) is 5.04. The Hall–Kier alpha value is -1.24. The zero-order chi connectivity index (χ0) is 14.5. The van der Waals surface area contributed by atoms with Crippen LogP contribution in [0.25, 0.3) is 0 Å². The molecule has 1 aliphatic rings. The number of nitrogens with zero attached hydrogens (tertiary/aromatic N) is 2. The Kier molecular flexibility index (Phi) is 9.16. The monoisotopic (exact) mass is 353 g/mol. The number of rotatable bonds is 4. The van der Waals surface area contributed by atoms with Gasteiger partial charge in [-0.1, -0.05) is 12.1 Å². The number of anilines is 1. The number of para-hydroxylation sites is 1. The van der Waals surface area contributed by atoms with E-state index in [-0.39, 0.29) is 36.7 Å². The molecule has 22 heavy (non-hydrogen) atoms. The molecular weight excluding hydrogens is 332 g/mol. The summed E-state index contributed by atoms with van der Waals surface area (Å²) in [6.45, 7) is 2.35. The van der Waals surface area contributed by atoms with Crippen molar-refractivity contribution in [2.24, 2.45) is 0 Å². The normalized spacial score (nSPS) is 17.2. The summed E-state index contributed by atoms with van der Waals surface area (Å²) in [4.78, 5) is 14.2. The first-order valence-electron chi connectivity index (χ1n) is 6.75. The van der Waals surface area contributed by atoms with E-state index in [4.69, 9.17) is 5.11 Å². The van der Waals surface area contributed by atoms with Gasteiger partial charge in [0.15, 0.2) is 0 Å². The molecule has 0 saturated carbocycles. The summed E-state index contributed by atoms with van der Waals surface area (Å²) in [5.41, 5.74) is 0.568. The SMILES string of the molecule is CN(CC[C@@H]1CN(C(=O)O)CCN1)c1ccccc1F.Cl.Cl. The highest BCUT2D eigenvalue weighted by molar-refractivity contribution is 5.85. The van der Waals surface area contributed by atoms with Gasteiger partial charge in [-0.2, -0.15) is 0 Å².